The third kappa shape index (κ3) is 3.29. The molecule has 1 N–H and O–H groups in total. The van der Waals surface area contributed by atoms with Crippen LogP contribution >= 0.6 is 0 Å². The minimum absolute atomic E-state index is 0.0167. The van der Waals surface area contributed by atoms with E-state index >= 15 is 0 Å². The molecular formula is C19H12F3N5O. The minimum atomic E-state index is -4.52. The van der Waals surface area contributed by atoms with Gasteiger partial charge >= 0.3 is 6.18 Å². The van der Waals surface area contributed by atoms with Crippen LogP contribution in [0.4, 0.5) is 19.0 Å². The van der Waals surface area contributed by atoms with Crippen molar-refractivity contribution in [2.45, 2.75) is 6.18 Å². The molecule has 9 heteroatoms. The van der Waals surface area contributed by atoms with Crippen molar-refractivity contribution in [3.8, 4) is 11.3 Å². The zero-order valence-electron chi connectivity index (χ0n) is 14.2. The molecule has 0 spiro atoms. The van der Waals surface area contributed by atoms with Crippen molar-refractivity contribution in [3.05, 3.63) is 78.5 Å². The van der Waals surface area contributed by atoms with E-state index < -0.39 is 17.6 Å². The molecule has 0 saturated heterocycles. The van der Waals surface area contributed by atoms with Gasteiger partial charge in [0, 0.05) is 18.0 Å². The van der Waals surface area contributed by atoms with Crippen molar-refractivity contribution in [2.75, 3.05) is 5.32 Å². The average Bonchev–Trinajstić information content (AvgIpc) is 3.11. The first kappa shape index (κ1) is 17.7. The van der Waals surface area contributed by atoms with Crippen LogP contribution in [0.25, 0.3) is 16.9 Å². The fourth-order valence-corrected chi connectivity index (χ4v) is 2.75. The van der Waals surface area contributed by atoms with Crippen LogP contribution in [0, 0.1) is 0 Å². The highest BCUT2D eigenvalue weighted by atomic mass is 19.4. The van der Waals surface area contributed by atoms with Gasteiger partial charge in [-0.1, -0.05) is 24.3 Å². The number of halogens is 3. The van der Waals surface area contributed by atoms with E-state index in [0.717, 1.165) is 6.07 Å². The van der Waals surface area contributed by atoms with Crippen LogP contribution in [0.1, 0.15) is 16.1 Å². The Bertz CT molecular complexity index is 1160. The Morgan fingerprint density at radius 1 is 1.00 bits per heavy atom. The molecule has 28 heavy (non-hydrogen) atoms. The molecule has 0 aliphatic heterocycles. The summed E-state index contributed by atoms with van der Waals surface area (Å²) < 4.78 is 41.4. The van der Waals surface area contributed by atoms with Crippen molar-refractivity contribution < 1.29 is 18.0 Å². The number of amides is 1. The summed E-state index contributed by atoms with van der Waals surface area (Å²) in [7, 11) is 0. The lowest BCUT2D eigenvalue weighted by Gasteiger charge is -2.12. The molecule has 1 amide bonds. The van der Waals surface area contributed by atoms with Gasteiger partial charge in [-0.2, -0.15) is 13.2 Å². The lowest BCUT2D eigenvalue weighted by molar-refractivity contribution is -0.137. The molecule has 0 bridgehead atoms. The molecule has 0 unspecified atom stereocenters. The van der Waals surface area contributed by atoms with Crippen molar-refractivity contribution in [1.82, 2.24) is 19.4 Å². The molecule has 0 atom stereocenters. The van der Waals surface area contributed by atoms with Crippen LogP contribution in [-0.2, 0) is 6.18 Å². The number of aromatic nitrogens is 4. The van der Waals surface area contributed by atoms with Gasteiger partial charge in [-0.05, 0) is 24.3 Å². The Labute approximate surface area is 156 Å². The molecule has 0 aliphatic rings. The van der Waals surface area contributed by atoms with Gasteiger partial charge in [0.1, 0.15) is 12.1 Å². The van der Waals surface area contributed by atoms with Crippen molar-refractivity contribution in [1.29, 1.82) is 0 Å². The number of pyridine rings is 1. The molecule has 1 aromatic carbocycles. The number of fused-ring (bicyclic) bond motifs is 1. The summed E-state index contributed by atoms with van der Waals surface area (Å²) in [6, 6.07) is 11.6. The van der Waals surface area contributed by atoms with Crippen LogP contribution in [0.2, 0.25) is 0 Å². The van der Waals surface area contributed by atoms with Gasteiger partial charge in [0.25, 0.3) is 5.91 Å². The van der Waals surface area contributed by atoms with Gasteiger partial charge in [-0.25, -0.2) is 15.0 Å². The Morgan fingerprint density at radius 2 is 1.79 bits per heavy atom. The number of alkyl halides is 3. The number of hydrogen-bond donors (Lipinski definition) is 1. The van der Waals surface area contributed by atoms with Gasteiger partial charge in [-0.15, -0.1) is 0 Å². The fourth-order valence-electron chi connectivity index (χ4n) is 2.75. The average molecular weight is 383 g/mol. The number of imidazole rings is 1. The maximum absolute atomic E-state index is 13.3. The SMILES string of the molecule is O=C(Nc1ccccn1)c1ncn2ccc(-c3ccccc3C(F)(F)F)nc12. The molecule has 140 valence electrons. The lowest BCUT2D eigenvalue weighted by Crippen LogP contribution is -2.14. The van der Waals surface area contributed by atoms with Crippen LogP contribution in [-0.4, -0.2) is 25.3 Å². The van der Waals surface area contributed by atoms with Gasteiger partial charge in [0.15, 0.2) is 11.3 Å². The maximum atomic E-state index is 13.3. The van der Waals surface area contributed by atoms with Crippen molar-refractivity contribution in [2.24, 2.45) is 0 Å². The monoisotopic (exact) mass is 383 g/mol. The molecule has 4 rings (SSSR count). The number of benzene rings is 1. The molecule has 0 fully saturated rings. The summed E-state index contributed by atoms with van der Waals surface area (Å²) >= 11 is 0. The number of hydrogen-bond acceptors (Lipinski definition) is 4. The van der Waals surface area contributed by atoms with E-state index in [0.29, 0.717) is 5.82 Å². The third-order valence-electron chi connectivity index (χ3n) is 4.02. The fraction of sp³-hybridized carbons (Fsp3) is 0.0526. The first-order valence-corrected chi connectivity index (χ1v) is 8.16. The quantitative estimate of drug-likeness (QED) is 0.579. The van der Waals surface area contributed by atoms with Gasteiger partial charge in [0.05, 0.1) is 11.3 Å². The summed E-state index contributed by atoms with van der Waals surface area (Å²) in [6.45, 7) is 0. The number of carbonyl (C=O) groups is 1. The van der Waals surface area contributed by atoms with Gasteiger partial charge < -0.3 is 5.32 Å². The lowest BCUT2D eigenvalue weighted by atomic mass is 10.0. The van der Waals surface area contributed by atoms with Crippen LogP contribution < -0.4 is 5.32 Å². The molecular weight excluding hydrogens is 371 g/mol. The molecule has 0 saturated carbocycles. The number of nitrogens with zero attached hydrogens (tertiary/aromatic N) is 4. The smallest absolute Gasteiger partial charge is 0.305 e. The van der Waals surface area contributed by atoms with Gasteiger partial charge in [-0.3, -0.25) is 9.20 Å². The Kier molecular flexibility index (Phi) is 4.26. The first-order chi connectivity index (χ1) is 13.4. The summed E-state index contributed by atoms with van der Waals surface area (Å²) in [4.78, 5) is 24.8. The molecule has 0 radical (unpaired) electrons. The summed E-state index contributed by atoms with van der Waals surface area (Å²) in [5.74, 6) is -0.234. The summed E-state index contributed by atoms with van der Waals surface area (Å²) in [5, 5.41) is 2.59. The minimum Gasteiger partial charge on any atom is -0.305 e. The highest BCUT2D eigenvalue weighted by Crippen LogP contribution is 2.36. The molecule has 3 heterocycles. The Balaban J connectivity index is 1.77. The van der Waals surface area contributed by atoms with E-state index in [1.165, 1.54) is 47.4 Å². The second-order valence-electron chi connectivity index (χ2n) is 5.85. The third-order valence-corrected chi connectivity index (χ3v) is 4.02. The molecule has 3 aromatic heterocycles. The number of rotatable bonds is 3. The van der Waals surface area contributed by atoms with E-state index in [9.17, 15) is 18.0 Å². The zero-order valence-corrected chi connectivity index (χ0v) is 14.2. The summed E-state index contributed by atoms with van der Waals surface area (Å²) in [5.41, 5.74) is -0.659. The second kappa shape index (κ2) is 6.76. The standard InChI is InChI=1S/C19H12F3N5O/c20-19(21,22)13-6-2-1-5-12(13)14-8-10-27-11-24-16(17(27)25-14)18(28)26-15-7-3-4-9-23-15/h1-11H,(H,23,26,28). The number of carbonyl (C=O) groups excluding carboxylic acids is 1. The summed E-state index contributed by atoms with van der Waals surface area (Å²) in [6.07, 6.45) is -0.125. The van der Waals surface area contributed by atoms with Crippen LogP contribution in [0.5, 0.6) is 0 Å². The van der Waals surface area contributed by atoms with Crippen LogP contribution in [0.15, 0.2) is 67.3 Å². The van der Waals surface area contributed by atoms with E-state index in [1.807, 2.05) is 0 Å². The normalized spacial score (nSPS) is 11.5. The topological polar surface area (TPSA) is 72.2 Å². The van der Waals surface area contributed by atoms with E-state index in [2.05, 4.69) is 20.3 Å². The number of nitrogens with one attached hydrogen (secondary N) is 1. The number of anilines is 1. The molecule has 4 aromatic rings. The van der Waals surface area contributed by atoms with E-state index in [-0.39, 0.29) is 22.6 Å². The highest BCUT2D eigenvalue weighted by molar-refractivity contribution is 6.06. The molecule has 6 nitrogen and oxygen atoms in total. The largest absolute Gasteiger partial charge is 0.417 e. The van der Waals surface area contributed by atoms with Crippen molar-refractivity contribution >= 4 is 17.4 Å². The Morgan fingerprint density at radius 3 is 2.54 bits per heavy atom. The van der Waals surface area contributed by atoms with Crippen LogP contribution in [0.3, 0.4) is 0 Å². The van der Waals surface area contributed by atoms with Crippen molar-refractivity contribution in [3.63, 3.8) is 0 Å². The van der Waals surface area contributed by atoms with Gasteiger partial charge in [0.2, 0.25) is 0 Å². The highest BCUT2D eigenvalue weighted by Gasteiger charge is 2.33. The zero-order chi connectivity index (χ0) is 19.7. The first-order valence-electron chi connectivity index (χ1n) is 8.16. The van der Waals surface area contributed by atoms with E-state index in [1.54, 1.807) is 18.2 Å². The Hall–Kier alpha value is -3.75. The maximum Gasteiger partial charge on any atom is 0.417 e. The second-order valence-corrected chi connectivity index (χ2v) is 5.85. The predicted octanol–water partition coefficient (Wildman–Crippen LogP) is 4.06. The molecule has 0 aliphatic carbocycles. The predicted molar refractivity (Wildman–Crippen MR) is 95.6 cm³/mol. The van der Waals surface area contributed by atoms with E-state index in [4.69, 9.17) is 0 Å².